The number of carbonyl (C=O) groups is 1. The maximum absolute atomic E-state index is 12.2. The van der Waals surface area contributed by atoms with E-state index in [-0.39, 0.29) is 5.57 Å². The third kappa shape index (κ3) is 4.97. The molecule has 2 rings (SSSR count). The van der Waals surface area contributed by atoms with Crippen LogP contribution in [0.1, 0.15) is 5.56 Å². The van der Waals surface area contributed by atoms with Crippen LogP contribution in [0, 0.1) is 11.3 Å². The van der Waals surface area contributed by atoms with Gasteiger partial charge >= 0.3 is 0 Å². The highest BCUT2D eigenvalue weighted by Gasteiger charge is 2.11. The molecule has 1 amide bonds. The molecule has 128 valence electrons. The molecule has 7 nitrogen and oxygen atoms in total. The Balaban J connectivity index is 2.02. The molecular formula is C18H18N4O3. The van der Waals surface area contributed by atoms with E-state index in [1.807, 2.05) is 18.2 Å². The van der Waals surface area contributed by atoms with E-state index >= 15 is 0 Å². The predicted molar refractivity (Wildman–Crippen MR) is 92.9 cm³/mol. The quantitative estimate of drug-likeness (QED) is 0.594. The lowest BCUT2D eigenvalue weighted by molar-refractivity contribution is -0.112. The Bertz CT molecular complexity index is 798. The van der Waals surface area contributed by atoms with E-state index in [2.05, 4.69) is 15.6 Å². The number of aromatic nitrogens is 1. The molecule has 0 aliphatic rings. The summed E-state index contributed by atoms with van der Waals surface area (Å²) in [6.07, 6.45) is 4.74. The fourth-order valence-electron chi connectivity index (χ4n) is 2.03. The van der Waals surface area contributed by atoms with Gasteiger partial charge in [-0.25, -0.2) is 0 Å². The lowest BCUT2D eigenvalue weighted by atomic mass is 10.2. The van der Waals surface area contributed by atoms with Crippen LogP contribution in [-0.2, 0) is 11.3 Å². The minimum absolute atomic E-state index is 0.0381. The number of nitriles is 1. The number of hydrogen-bond donors (Lipinski definition) is 2. The van der Waals surface area contributed by atoms with Crippen LogP contribution in [0.2, 0.25) is 0 Å². The molecule has 0 aliphatic carbocycles. The lowest BCUT2D eigenvalue weighted by Gasteiger charge is -2.10. The maximum atomic E-state index is 12.2. The Kier molecular flexibility index (Phi) is 6.37. The first-order valence-corrected chi connectivity index (χ1v) is 7.44. The van der Waals surface area contributed by atoms with Gasteiger partial charge < -0.3 is 20.1 Å². The predicted octanol–water partition coefficient (Wildman–Crippen LogP) is 2.23. The van der Waals surface area contributed by atoms with Crippen LogP contribution >= 0.6 is 0 Å². The van der Waals surface area contributed by atoms with Crippen molar-refractivity contribution in [1.29, 1.82) is 5.26 Å². The number of rotatable bonds is 7. The average molecular weight is 338 g/mol. The summed E-state index contributed by atoms with van der Waals surface area (Å²) in [7, 11) is 3.04. The zero-order valence-electron chi connectivity index (χ0n) is 13.9. The van der Waals surface area contributed by atoms with Crippen LogP contribution in [0.5, 0.6) is 11.5 Å². The van der Waals surface area contributed by atoms with Crippen molar-refractivity contribution < 1.29 is 14.3 Å². The molecule has 1 aromatic carbocycles. The summed E-state index contributed by atoms with van der Waals surface area (Å²) in [6, 6.07) is 10.5. The van der Waals surface area contributed by atoms with Crippen LogP contribution in [0.3, 0.4) is 0 Å². The van der Waals surface area contributed by atoms with Gasteiger partial charge in [-0.15, -0.1) is 0 Å². The Morgan fingerprint density at radius 2 is 1.92 bits per heavy atom. The molecule has 25 heavy (non-hydrogen) atoms. The number of ether oxygens (including phenoxy) is 2. The first-order chi connectivity index (χ1) is 12.2. The second kappa shape index (κ2) is 8.93. The van der Waals surface area contributed by atoms with Crippen LogP contribution < -0.4 is 20.1 Å². The summed E-state index contributed by atoms with van der Waals surface area (Å²) in [5.74, 6) is 0.520. The van der Waals surface area contributed by atoms with E-state index in [0.717, 1.165) is 5.56 Å². The van der Waals surface area contributed by atoms with Crippen molar-refractivity contribution in [3.8, 4) is 17.6 Å². The molecule has 7 heteroatoms. The topological polar surface area (TPSA) is 96.3 Å². The molecule has 0 aliphatic heterocycles. The third-order valence-corrected chi connectivity index (χ3v) is 3.31. The summed E-state index contributed by atoms with van der Waals surface area (Å²) in [6.45, 7) is 0.483. The standard InChI is InChI=1S/C18H18N4O3/c1-24-16-4-3-15(9-17(16)25-2)22-18(23)14(10-19)12-21-11-13-5-7-20-8-6-13/h3-9,12,21H,11H2,1-2H3,(H,22,23)/b14-12-. The zero-order valence-corrected chi connectivity index (χ0v) is 13.9. The Hall–Kier alpha value is -3.53. The van der Waals surface area contributed by atoms with E-state index in [1.54, 1.807) is 30.6 Å². The number of anilines is 1. The molecule has 2 N–H and O–H groups in total. The number of hydrogen-bond acceptors (Lipinski definition) is 6. The molecule has 0 saturated carbocycles. The SMILES string of the molecule is COc1ccc(NC(=O)/C(C#N)=C\NCc2ccncc2)cc1OC. The van der Waals surface area contributed by atoms with Crippen LogP contribution in [-0.4, -0.2) is 25.1 Å². The van der Waals surface area contributed by atoms with Crippen molar-refractivity contribution in [3.63, 3.8) is 0 Å². The number of pyridine rings is 1. The molecule has 0 fully saturated rings. The number of amides is 1. The van der Waals surface area contributed by atoms with E-state index in [0.29, 0.717) is 23.7 Å². The van der Waals surface area contributed by atoms with E-state index < -0.39 is 5.91 Å². The molecule has 0 saturated heterocycles. The number of nitrogens with zero attached hydrogens (tertiary/aromatic N) is 2. The van der Waals surface area contributed by atoms with E-state index in [9.17, 15) is 10.1 Å². The average Bonchev–Trinajstić information content (AvgIpc) is 2.65. The van der Waals surface area contributed by atoms with E-state index in [4.69, 9.17) is 9.47 Å². The minimum Gasteiger partial charge on any atom is -0.493 e. The Labute approximate surface area is 145 Å². The summed E-state index contributed by atoms with van der Waals surface area (Å²) >= 11 is 0. The Morgan fingerprint density at radius 3 is 2.56 bits per heavy atom. The molecule has 0 radical (unpaired) electrons. The van der Waals surface area contributed by atoms with Gasteiger partial charge in [0.1, 0.15) is 11.6 Å². The summed E-state index contributed by atoms with van der Waals surface area (Å²) < 4.78 is 10.3. The van der Waals surface area contributed by atoms with Crippen molar-refractivity contribution >= 4 is 11.6 Å². The molecule has 0 bridgehead atoms. The van der Waals surface area contributed by atoms with Crippen molar-refractivity contribution in [2.75, 3.05) is 19.5 Å². The molecule has 2 aromatic rings. The number of benzene rings is 1. The largest absolute Gasteiger partial charge is 0.493 e. The van der Waals surface area contributed by atoms with Gasteiger partial charge in [-0.1, -0.05) is 0 Å². The van der Waals surface area contributed by atoms with E-state index in [1.165, 1.54) is 20.4 Å². The Morgan fingerprint density at radius 1 is 1.20 bits per heavy atom. The lowest BCUT2D eigenvalue weighted by Crippen LogP contribution is -2.16. The minimum atomic E-state index is -0.517. The fraction of sp³-hybridized carbons (Fsp3) is 0.167. The highest BCUT2D eigenvalue weighted by Crippen LogP contribution is 2.29. The van der Waals surface area contributed by atoms with Gasteiger partial charge in [-0.3, -0.25) is 9.78 Å². The smallest absolute Gasteiger partial charge is 0.267 e. The monoisotopic (exact) mass is 338 g/mol. The zero-order chi connectivity index (χ0) is 18.1. The van der Waals surface area contributed by atoms with Crippen molar-refractivity contribution in [1.82, 2.24) is 10.3 Å². The molecule has 0 atom stereocenters. The summed E-state index contributed by atoms with van der Waals surface area (Å²) in [5.41, 5.74) is 1.45. The van der Waals surface area contributed by atoms with Crippen molar-refractivity contribution in [3.05, 3.63) is 60.1 Å². The molecule has 1 heterocycles. The number of carbonyl (C=O) groups excluding carboxylic acids is 1. The maximum Gasteiger partial charge on any atom is 0.267 e. The van der Waals surface area contributed by atoms with Gasteiger partial charge in [0, 0.05) is 36.9 Å². The highest BCUT2D eigenvalue weighted by atomic mass is 16.5. The molecular weight excluding hydrogens is 320 g/mol. The fourth-order valence-corrected chi connectivity index (χ4v) is 2.03. The van der Waals surface area contributed by atoms with Gasteiger partial charge in [0.25, 0.3) is 5.91 Å². The number of nitrogens with one attached hydrogen (secondary N) is 2. The first kappa shape index (κ1) is 17.8. The normalized spacial score (nSPS) is 10.5. The van der Waals surface area contributed by atoms with Crippen LogP contribution in [0.25, 0.3) is 0 Å². The summed E-state index contributed by atoms with van der Waals surface area (Å²) in [5, 5.41) is 14.8. The second-order valence-electron chi connectivity index (χ2n) is 4.93. The molecule has 0 unspecified atom stereocenters. The highest BCUT2D eigenvalue weighted by molar-refractivity contribution is 6.06. The van der Waals surface area contributed by atoms with Crippen molar-refractivity contribution in [2.24, 2.45) is 0 Å². The van der Waals surface area contributed by atoms with Crippen LogP contribution in [0.4, 0.5) is 5.69 Å². The van der Waals surface area contributed by atoms with Gasteiger partial charge in [0.05, 0.1) is 14.2 Å². The molecule has 0 spiro atoms. The van der Waals surface area contributed by atoms with Gasteiger partial charge in [0.15, 0.2) is 11.5 Å². The van der Waals surface area contributed by atoms with Crippen molar-refractivity contribution in [2.45, 2.75) is 6.54 Å². The second-order valence-corrected chi connectivity index (χ2v) is 4.93. The van der Waals surface area contributed by atoms with Gasteiger partial charge in [0.2, 0.25) is 0 Å². The summed E-state index contributed by atoms with van der Waals surface area (Å²) in [4.78, 5) is 16.1. The molecule has 1 aromatic heterocycles. The number of methoxy groups -OCH3 is 2. The third-order valence-electron chi connectivity index (χ3n) is 3.31. The first-order valence-electron chi connectivity index (χ1n) is 7.44. The van der Waals surface area contributed by atoms with Gasteiger partial charge in [-0.2, -0.15) is 5.26 Å². The van der Waals surface area contributed by atoms with Gasteiger partial charge in [-0.05, 0) is 29.8 Å². The van der Waals surface area contributed by atoms with Crippen LogP contribution in [0.15, 0.2) is 54.5 Å².